The standard InChI is InChI=1S/C24H25FN4O4/c25-20-7-5-19(6-8-20)15-29(24(32)21-22(30)23(31)27-16-26-21)14-18-3-1-17(2-4-18)13-28-9-11-33-12-10-28/h1-8,16,30H,9-15H2,(H,26,27,31). The van der Waals surface area contributed by atoms with E-state index in [1.807, 2.05) is 24.3 Å². The molecule has 1 amide bonds. The molecule has 0 spiro atoms. The summed E-state index contributed by atoms with van der Waals surface area (Å²) in [5, 5.41) is 10.1. The van der Waals surface area contributed by atoms with Crippen molar-refractivity contribution < 1.29 is 19.0 Å². The van der Waals surface area contributed by atoms with E-state index in [1.54, 1.807) is 12.1 Å². The lowest BCUT2D eigenvalue weighted by molar-refractivity contribution is 0.0342. The van der Waals surface area contributed by atoms with Gasteiger partial charge in [-0.25, -0.2) is 9.37 Å². The minimum Gasteiger partial charge on any atom is -0.501 e. The Hall–Kier alpha value is -3.56. The number of aromatic amines is 1. The smallest absolute Gasteiger partial charge is 0.293 e. The van der Waals surface area contributed by atoms with Gasteiger partial charge in [0.1, 0.15) is 5.82 Å². The lowest BCUT2D eigenvalue weighted by atomic mass is 10.1. The maximum Gasteiger partial charge on any atom is 0.293 e. The molecule has 0 saturated carbocycles. The van der Waals surface area contributed by atoms with Gasteiger partial charge in [-0.3, -0.25) is 14.5 Å². The molecule has 0 atom stereocenters. The molecule has 4 rings (SSSR count). The van der Waals surface area contributed by atoms with Crippen molar-refractivity contribution in [3.63, 3.8) is 0 Å². The van der Waals surface area contributed by atoms with E-state index in [4.69, 9.17) is 4.74 Å². The van der Waals surface area contributed by atoms with Crippen molar-refractivity contribution in [1.29, 1.82) is 0 Å². The van der Waals surface area contributed by atoms with Gasteiger partial charge in [0.2, 0.25) is 5.75 Å². The van der Waals surface area contributed by atoms with Crippen molar-refractivity contribution in [2.45, 2.75) is 19.6 Å². The second-order valence-electron chi connectivity index (χ2n) is 7.92. The van der Waals surface area contributed by atoms with Crippen LogP contribution in [0.15, 0.2) is 59.7 Å². The molecule has 0 aliphatic carbocycles. The van der Waals surface area contributed by atoms with Gasteiger partial charge < -0.3 is 19.7 Å². The number of rotatable bonds is 7. The van der Waals surface area contributed by atoms with Crippen LogP contribution in [0, 0.1) is 5.82 Å². The second kappa shape index (κ2) is 10.4. The van der Waals surface area contributed by atoms with E-state index in [9.17, 15) is 19.1 Å². The molecule has 1 aromatic heterocycles. The number of amides is 1. The molecule has 2 N–H and O–H groups in total. The monoisotopic (exact) mass is 452 g/mol. The zero-order chi connectivity index (χ0) is 23.2. The zero-order valence-electron chi connectivity index (χ0n) is 18.0. The summed E-state index contributed by atoms with van der Waals surface area (Å²) >= 11 is 0. The highest BCUT2D eigenvalue weighted by Crippen LogP contribution is 2.18. The van der Waals surface area contributed by atoms with Crippen molar-refractivity contribution in [1.82, 2.24) is 19.8 Å². The van der Waals surface area contributed by atoms with Gasteiger partial charge in [0.05, 0.1) is 19.5 Å². The van der Waals surface area contributed by atoms with Crippen molar-refractivity contribution in [2.24, 2.45) is 0 Å². The molecule has 3 aromatic rings. The van der Waals surface area contributed by atoms with E-state index in [0.29, 0.717) is 5.56 Å². The summed E-state index contributed by atoms with van der Waals surface area (Å²) < 4.78 is 18.7. The van der Waals surface area contributed by atoms with E-state index in [0.717, 1.165) is 50.3 Å². The van der Waals surface area contributed by atoms with Gasteiger partial charge >= 0.3 is 0 Å². The Morgan fingerprint density at radius 1 is 1.03 bits per heavy atom. The number of H-pyrrole nitrogens is 1. The summed E-state index contributed by atoms with van der Waals surface area (Å²) in [7, 11) is 0. The molecule has 172 valence electrons. The second-order valence-corrected chi connectivity index (χ2v) is 7.92. The van der Waals surface area contributed by atoms with Crippen LogP contribution in [-0.2, 0) is 24.4 Å². The molecule has 33 heavy (non-hydrogen) atoms. The maximum atomic E-state index is 13.3. The minimum absolute atomic E-state index is 0.155. The SMILES string of the molecule is O=C(c1nc[nH]c(=O)c1O)N(Cc1ccc(F)cc1)Cc1ccc(CN2CCOCC2)cc1. The van der Waals surface area contributed by atoms with Crippen LogP contribution >= 0.6 is 0 Å². The number of hydrogen-bond acceptors (Lipinski definition) is 6. The van der Waals surface area contributed by atoms with Crippen molar-refractivity contribution in [3.05, 3.63) is 93.4 Å². The van der Waals surface area contributed by atoms with Gasteiger partial charge in [-0.05, 0) is 28.8 Å². The number of morpholine rings is 1. The normalized spacial score (nSPS) is 14.2. The molecule has 2 aromatic carbocycles. The Labute approximate surface area is 190 Å². The van der Waals surface area contributed by atoms with Crippen LogP contribution in [0.25, 0.3) is 0 Å². The first kappa shape index (κ1) is 22.6. The highest BCUT2D eigenvalue weighted by atomic mass is 19.1. The lowest BCUT2D eigenvalue weighted by Gasteiger charge is -2.26. The van der Waals surface area contributed by atoms with Gasteiger partial charge in [-0.15, -0.1) is 0 Å². The summed E-state index contributed by atoms with van der Waals surface area (Å²) in [6, 6.07) is 13.8. The number of benzene rings is 2. The van der Waals surface area contributed by atoms with Crippen LogP contribution in [0.5, 0.6) is 5.75 Å². The Balaban J connectivity index is 1.53. The molecule has 1 saturated heterocycles. The van der Waals surface area contributed by atoms with Gasteiger partial charge in [-0.2, -0.15) is 0 Å². The van der Waals surface area contributed by atoms with Crippen molar-refractivity contribution in [3.8, 4) is 5.75 Å². The molecule has 1 aliphatic rings. The molecule has 0 unspecified atom stereocenters. The summed E-state index contributed by atoms with van der Waals surface area (Å²) in [4.78, 5) is 34.8. The Kier molecular flexibility index (Phi) is 7.11. The van der Waals surface area contributed by atoms with Crippen molar-refractivity contribution in [2.75, 3.05) is 26.3 Å². The molecule has 1 fully saturated rings. The quantitative estimate of drug-likeness (QED) is 0.571. The van der Waals surface area contributed by atoms with Gasteiger partial charge in [0, 0.05) is 32.7 Å². The third-order valence-electron chi connectivity index (χ3n) is 5.51. The molecule has 0 bridgehead atoms. The van der Waals surface area contributed by atoms with Crippen LogP contribution in [0.2, 0.25) is 0 Å². The fourth-order valence-electron chi connectivity index (χ4n) is 3.70. The average molecular weight is 452 g/mol. The number of aromatic hydroxyl groups is 1. The topological polar surface area (TPSA) is 98.8 Å². The lowest BCUT2D eigenvalue weighted by Crippen LogP contribution is -2.35. The summed E-state index contributed by atoms with van der Waals surface area (Å²) in [6.07, 6.45) is 1.08. The molecule has 9 heteroatoms. The number of halogens is 1. The number of hydrogen-bond donors (Lipinski definition) is 2. The zero-order valence-corrected chi connectivity index (χ0v) is 18.0. The average Bonchev–Trinajstić information content (AvgIpc) is 2.83. The van der Waals surface area contributed by atoms with Gasteiger partial charge in [0.25, 0.3) is 11.5 Å². The van der Waals surface area contributed by atoms with Crippen LogP contribution in [0.3, 0.4) is 0 Å². The number of carbonyl (C=O) groups excluding carboxylic acids is 1. The third kappa shape index (κ3) is 5.82. The summed E-state index contributed by atoms with van der Waals surface area (Å²) in [6.45, 7) is 4.48. The van der Waals surface area contributed by atoms with Gasteiger partial charge in [-0.1, -0.05) is 36.4 Å². The fourth-order valence-corrected chi connectivity index (χ4v) is 3.70. The molecule has 1 aliphatic heterocycles. The number of nitrogens with one attached hydrogen (secondary N) is 1. The first-order chi connectivity index (χ1) is 16.0. The molecule has 2 heterocycles. The third-order valence-corrected chi connectivity index (χ3v) is 5.51. The number of aromatic nitrogens is 2. The Bertz CT molecular complexity index is 1140. The van der Waals surface area contributed by atoms with E-state index in [2.05, 4.69) is 14.9 Å². The Morgan fingerprint density at radius 3 is 2.24 bits per heavy atom. The van der Waals surface area contributed by atoms with Gasteiger partial charge in [0.15, 0.2) is 5.69 Å². The molecule has 8 nitrogen and oxygen atoms in total. The van der Waals surface area contributed by atoms with Crippen LogP contribution in [-0.4, -0.2) is 57.1 Å². The maximum absolute atomic E-state index is 13.3. The highest BCUT2D eigenvalue weighted by Gasteiger charge is 2.23. The van der Waals surface area contributed by atoms with Crippen LogP contribution in [0.4, 0.5) is 4.39 Å². The van der Waals surface area contributed by atoms with E-state index in [-0.39, 0.29) is 24.6 Å². The molecule has 0 radical (unpaired) electrons. The summed E-state index contributed by atoms with van der Waals surface area (Å²) in [5.74, 6) is -1.70. The number of ether oxygens (including phenoxy) is 1. The minimum atomic E-state index is -0.789. The number of carbonyl (C=O) groups is 1. The first-order valence-electron chi connectivity index (χ1n) is 10.7. The van der Waals surface area contributed by atoms with Crippen molar-refractivity contribution >= 4 is 5.91 Å². The first-order valence-corrected chi connectivity index (χ1v) is 10.7. The van der Waals surface area contributed by atoms with E-state index < -0.39 is 17.2 Å². The largest absolute Gasteiger partial charge is 0.501 e. The molecular formula is C24H25FN4O4. The fraction of sp³-hybridized carbons (Fsp3) is 0.292. The van der Waals surface area contributed by atoms with E-state index >= 15 is 0 Å². The number of nitrogens with zero attached hydrogens (tertiary/aromatic N) is 3. The van der Waals surface area contributed by atoms with Crippen LogP contribution < -0.4 is 5.56 Å². The molecular weight excluding hydrogens is 427 g/mol. The predicted octanol–water partition coefficient (Wildman–Crippen LogP) is 2.29. The highest BCUT2D eigenvalue weighted by molar-refractivity contribution is 5.94. The summed E-state index contributed by atoms with van der Waals surface area (Å²) in [5.41, 5.74) is 1.62. The van der Waals surface area contributed by atoms with E-state index in [1.165, 1.54) is 17.0 Å². The van der Waals surface area contributed by atoms with Crippen LogP contribution in [0.1, 0.15) is 27.2 Å². The predicted molar refractivity (Wildman–Crippen MR) is 119 cm³/mol. The Morgan fingerprint density at radius 2 is 1.61 bits per heavy atom.